The molecule has 1 aliphatic heterocycles. The van der Waals surface area contributed by atoms with Crippen LogP contribution in [0, 0.1) is 17.2 Å². The Hall–Kier alpha value is -0.900. The SMILES string of the molecule is N#CC1CCN(S(=O)(=O)c2cccs2)CC1. The highest BCUT2D eigenvalue weighted by Gasteiger charge is 2.29. The van der Waals surface area contributed by atoms with Crippen molar-refractivity contribution >= 4 is 21.4 Å². The van der Waals surface area contributed by atoms with Gasteiger partial charge < -0.3 is 0 Å². The number of hydrogen-bond acceptors (Lipinski definition) is 4. The first-order valence-electron chi connectivity index (χ1n) is 5.08. The van der Waals surface area contributed by atoms with Gasteiger partial charge in [-0.05, 0) is 24.3 Å². The minimum absolute atomic E-state index is 0.00906. The minimum atomic E-state index is -3.31. The van der Waals surface area contributed by atoms with Crippen LogP contribution in [0.5, 0.6) is 0 Å². The predicted octanol–water partition coefficient (Wildman–Crippen LogP) is 1.67. The zero-order valence-corrected chi connectivity index (χ0v) is 10.3. The van der Waals surface area contributed by atoms with Crippen LogP contribution in [0.1, 0.15) is 12.8 Å². The summed E-state index contributed by atoms with van der Waals surface area (Å²) < 4.78 is 26.1. The monoisotopic (exact) mass is 256 g/mol. The van der Waals surface area contributed by atoms with Crippen LogP contribution < -0.4 is 0 Å². The highest BCUT2D eigenvalue weighted by Crippen LogP contribution is 2.25. The normalized spacial score (nSPS) is 19.4. The van der Waals surface area contributed by atoms with Crippen LogP contribution in [0.4, 0.5) is 0 Å². The molecule has 0 aliphatic carbocycles. The van der Waals surface area contributed by atoms with Crippen molar-refractivity contribution in [1.82, 2.24) is 4.31 Å². The smallest absolute Gasteiger partial charge is 0.206 e. The fourth-order valence-corrected chi connectivity index (χ4v) is 4.38. The van der Waals surface area contributed by atoms with E-state index in [0.717, 1.165) is 0 Å². The fourth-order valence-electron chi connectivity index (χ4n) is 1.76. The molecule has 0 aromatic carbocycles. The summed E-state index contributed by atoms with van der Waals surface area (Å²) in [7, 11) is -3.31. The van der Waals surface area contributed by atoms with E-state index >= 15 is 0 Å². The number of sulfonamides is 1. The minimum Gasteiger partial charge on any atom is -0.206 e. The van der Waals surface area contributed by atoms with Crippen molar-refractivity contribution in [2.45, 2.75) is 17.1 Å². The molecule has 2 rings (SSSR count). The van der Waals surface area contributed by atoms with Gasteiger partial charge in [-0.15, -0.1) is 11.3 Å². The Morgan fingerprint density at radius 2 is 2.12 bits per heavy atom. The molecule has 0 amide bonds. The van der Waals surface area contributed by atoms with Gasteiger partial charge in [0.1, 0.15) is 4.21 Å². The Bertz CT molecular complexity index is 479. The molecular weight excluding hydrogens is 244 g/mol. The maximum atomic E-state index is 12.1. The first-order valence-corrected chi connectivity index (χ1v) is 7.40. The summed E-state index contributed by atoms with van der Waals surface area (Å²) in [5.74, 6) is 0.00906. The molecule has 1 aromatic rings. The summed E-state index contributed by atoms with van der Waals surface area (Å²) in [4.78, 5) is 0. The van der Waals surface area contributed by atoms with Crippen molar-refractivity contribution in [1.29, 1.82) is 5.26 Å². The number of hydrogen-bond donors (Lipinski definition) is 0. The van der Waals surface area contributed by atoms with Crippen molar-refractivity contribution in [2.24, 2.45) is 5.92 Å². The van der Waals surface area contributed by atoms with Crippen molar-refractivity contribution in [2.75, 3.05) is 13.1 Å². The van der Waals surface area contributed by atoms with E-state index in [-0.39, 0.29) is 5.92 Å². The topological polar surface area (TPSA) is 61.2 Å². The summed E-state index contributed by atoms with van der Waals surface area (Å²) in [6, 6.07) is 5.55. The fraction of sp³-hybridized carbons (Fsp3) is 0.500. The molecule has 0 saturated carbocycles. The standard InChI is InChI=1S/C10H12N2O2S2/c11-8-9-3-5-12(6-4-9)16(13,14)10-2-1-7-15-10/h1-2,7,9H,3-6H2. The molecule has 0 spiro atoms. The molecule has 1 aliphatic rings. The average molecular weight is 256 g/mol. The number of nitriles is 1. The van der Waals surface area contributed by atoms with E-state index in [1.54, 1.807) is 17.5 Å². The summed E-state index contributed by atoms with van der Waals surface area (Å²) >= 11 is 1.24. The first kappa shape index (κ1) is 11.6. The molecule has 0 atom stereocenters. The van der Waals surface area contributed by atoms with Gasteiger partial charge in [-0.1, -0.05) is 6.07 Å². The van der Waals surface area contributed by atoms with E-state index in [2.05, 4.69) is 6.07 Å². The molecule has 0 bridgehead atoms. The number of rotatable bonds is 2. The molecule has 4 nitrogen and oxygen atoms in total. The predicted molar refractivity (Wildman–Crippen MR) is 61.4 cm³/mol. The van der Waals surface area contributed by atoms with Gasteiger partial charge in [-0.25, -0.2) is 8.42 Å². The van der Waals surface area contributed by atoms with Crippen molar-refractivity contribution in [3.8, 4) is 6.07 Å². The van der Waals surface area contributed by atoms with Crippen LogP contribution in [0.15, 0.2) is 21.7 Å². The van der Waals surface area contributed by atoms with Gasteiger partial charge >= 0.3 is 0 Å². The summed E-state index contributed by atoms with van der Waals surface area (Å²) in [6.45, 7) is 0.914. The van der Waals surface area contributed by atoms with E-state index in [1.807, 2.05) is 0 Å². The first-order chi connectivity index (χ1) is 7.64. The van der Waals surface area contributed by atoms with Crippen LogP contribution in [-0.2, 0) is 10.0 Å². The number of thiophene rings is 1. The maximum absolute atomic E-state index is 12.1. The van der Waals surface area contributed by atoms with Crippen LogP contribution >= 0.6 is 11.3 Å². The third kappa shape index (κ3) is 2.12. The van der Waals surface area contributed by atoms with Gasteiger partial charge in [0.2, 0.25) is 0 Å². The molecule has 1 saturated heterocycles. The molecule has 0 N–H and O–H groups in total. The van der Waals surface area contributed by atoms with Crippen LogP contribution in [-0.4, -0.2) is 25.8 Å². The quantitative estimate of drug-likeness (QED) is 0.808. The summed E-state index contributed by atoms with van der Waals surface area (Å²) in [5, 5.41) is 10.5. The summed E-state index contributed by atoms with van der Waals surface area (Å²) in [6.07, 6.45) is 1.28. The van der Waals surface area contributed by atoms with Crippen LogP contribution in [0.25, 0.3) is 0 Å². The Balaban J connectivity index is 2.13. The molecule has 0 unspecified atom stereocenters. The lowest BCUT2D eigenvalue weighted by Gasteiger charge is -2.27. The van der Waals surface area contributed by atoms with Gasteiger partial charge in [0.05, 0.1) is 6.07 Å². The number of piperidine rings is 1. The van der Waals surface area contributed by atoms with Crippen LogP contribution in [0.2, 0.25) is 0 Å². The van der Waals surface area contributed by atoms with Gasteiger partial charge in [0, 0.05) is 19.0 Å². The average Bonchev–Trinajstić information content (AvgIpc) is 2.83. The Morgan fingerprint density at radius 1 is 1.44 bits per heavy atom. The Morgan fingerprint density at radius 3 is 2.62 bits per heavy atom. The molecule has 16 heavy (non-hydrogen) atoms. The summed E-state index contributed by atoms with van der Waals surface area (Å²) in [5.41, 5.74) is 0. The lowest BCUT2D eigenvalue weighted by atomic mass is 10.0. The second kappa shape index (κ2) is 4.53. The van der Waals surface area contributed by atoms with E-state index in [4.69, 9.17) is 5.26 Å². The Labute approximate surface area is 99.2 Å². The van der Waals surface area contributed by atoms with Crippen molar-refractivity contribution in [3.63, 3.8) is 0 Å². The van der Waals surface area contributed by atoms with Gasteiger partial charge in [0.25, 0.3) is 10.0 Å². The maximum Gasteiger partial charge on any atom is 0.252 e. The molecule has 2 heterocycles. The lowest BCUT2D eigenvalue weighted by Crippen LogP contribution is -2.37. The lowest BCUT2D eigenvalue weighted by molar-refractivity contribution is 0.310. The third-order valence-corrected chi connectivity index (χ3v) is 6.00. The van der Waals surface area contributed by atoms with Gasteiger partial charge in [0.15, 0.2) is 0 Å². The largest absolute Gasteiger partial charge is 0.252 e. The van der Waals surface area contributed by atoms with Crippen molar-refractivity contribution in [3.05, 3.63) is 17.5 Å². The molecule has 86 valence electrons. The highest BCUT2D eigenvalue weighted by atomic mass is 32.2. The second-order valence-electron chi connectivity index (χ2n) is 3.74. The van der Waals surface area contributed by atoms with E-state index in [1.165, 1.54) is 15.6 Å². The van der Waals surface area contributed by atoms with Crippen molar-refractivity contribution < 1.29 is 8.42 Å². The highest BCUT2D eigenvalue weighted by molar-refractivity contribution is 7.91. The van der Waals surface area contributed by atoms with Gasteiger partial charge in [-0.2, -0.15) is 9.57 Å². The van der Waals surface area contributed by atoms with Gasteiger partial charge in [-0.3, -0.25) is 0 Å². The zero-order valence-electron chi connectivity index (χ0n) is 8.67. The molecule has 6 heteroatoms. The zero-order chi connectivity index (χ0) is 11.6. The van der Waals surface area contributed by atoms with E-state index in [9.17, 15) is 8.42 Å². The second-order valence-corrected chi connectivity index (χ2v) is 6.85. The molecular formula is C10H12N2O2S2. The molecule has 1 aromatic heterocycles. The molecule has 1 fully saturated rings. The Kier molecular flexibility index (Phi) is 3.28. The van der Waals surface area contributed by atoms with E-state index in [0.29, 0.717) is 30.1 Å². The number of nitrogens with zero attached hydrogens (tertiary/aromatic N) is 2. The molecule has 0 radical (unpaired) electrons. The van der Waals surface area contributed by atoms with E-state index < -0.39 is 10.0 Å². The third-order valence-electron chi connectivity index (χ3n) is 2.73. The van der Waals surface area contributed by atoms with Crippen LogP contribution in [0.3, 0.4) is 0 Å².